The lowest BCUT2D eigenvalue weighted by molar-refractivity contribution is -0.137. The molecule has 0 amide bonds. The van der Waals surface area contributed by atoms with Crippen molar-refractivity contribution >= 4 is 0 Å². The Bertz CT molecular complexity index is 468. The van der Waals surface area contributed by atoms with E-state index in [9.17, 15) is 13.2 Å². The third kappa shape index (κ3) is 10.8. The fourth-order valence-electron chi connectivity index (χ4n) is 1.80. The molecule has 2 N–H and O–H groups in total. The topological polar surface area (TPSA) is 26.0 Å². The summed E-state index contributed by atoms with van der Waals surface area (Å²) in [5, 5.41) is 0. The Labute approximate surface area is 139 Å². The van der Waals surface area contributed by atoms with E-state index in [1.54, 1.807) is 13.0 Å². The van der Waals surface area contributed by atoms with E-state index in [0.29, 0.717) is 12.0 Å². The molecule has 0 aromatic heterocycles. The Morgan fingerprint density at radius 1 is 1.04 bits per heavy atom. The lowest BCUT2D eigenvalue weighted by atomic mass is 10.0. The molecule has 1 aromatic carbocycles. The van der Waals surface area contributed by atoms with Crippen LogP contribution in [0.2, 0.25) is 0 Å². The zero-order chi connectivity index (χ0) is 18.3. The molecule has 0 radical (unpaired) electrons. The first-order chi connectivity index (χ1) is 10.9. The number of aryl methyl sites for hydroxylation is 1. The molecule has 0 saturated heterocycles. The first-order valence-corrected chi connectivity index (χ1v) is 8.19. The van der Waals surface area contributed by atoms with Crippen LogP contribution in [0.4, 0.5) is 13.2 Å². The molecule has 0 heterocycles. The van der Waals surface area contributed by atoms with Crippen LogP contribution in [0.1, 0.15) is 69.6 Å². The lowest BCUT2D eigenvalue weighted by Crippen LogP contribution is -2.08. The van der Waals surface area contributed by atoms with Crippen molar-refractivity contribution < 1.29 is 13.2 Å². The van der Waals surface area contributed by atoms with E-state index >= 15 is 0 Å². The van der Waals surface area contributed by atoms with Crippen LogP contribution in [-0.2, 0) is 6.18 Å². The molecule has 0 aliphatic heterocycles. The molecule has 1 aromatic rings. The molecular formula is C19H30F3N. The zero-order valence-corrected chi connectivity index (χ0v) is 15.0. The van der Waals surface area contributed by atoms with Crippen LogP contribution in [0.25, 0.3) is 0 Å². The van der Waals surface area contributed by atoms with Gasteiger partial charge in [-0.3, -0.25) is 0 Å². The SMILES string of the molecule is CC.CCCCCCC#Cc1ccc(C)cc1C(F)(F)F.CN. The summed E-state index contributed by atoms with van der Waals surface area (Å²) in [6, 6.07) is 4.27. The van der Waals surface area contributed by atoms with Gasteiger partial charge >= 0.3 is 6.18 Å². The van der Waals surface area contributed by atoms with Gasteiger partial charge in [0.05, 0.1) is 5.56 Å². The van der Waals surface area contributed by atoms with Gasteiger partial charge in [-0.25, -0.2) is 0 Å². The lowest BCUT2D eigenvalue weighted by Gasteiger charge is -2.09. The molecule has 0 bridgehead atoms. The van der Waals surface area contributed by atoms with Crippen molar-refractivity contribution in [2.45, 2.75) is 66.0 Å². The summed E-state index contributed by atoms with van der Waals surface area (Å²) in [5.41, 5.74) is 4.54. The Kier molecular flexibility index (Phi) is 14.6. The normalized spacial score (nSPS) is 9.61. The number of nitrogens with two attached hydrogens (primary N) is 1. The van der Waals surface area contributed by atoms with Crippen molar-refractivity contribution in [2.75, 3.05) is 7.05 Å². The minimum absolute atomic E-state index is 0.0774. The Hall–Kier alpha value is -1.47. The quantitative estimate of drug-likeness (QED) is 0.537. The molecule has 0 spiro atoms. The van der Waals surface area contributed by atoms with Crippen molar-refractivity contribution in [2.24, 2.45) is 5.73 Å². The van der Waals surface area contributed by atoms with E-state index in [0.717, 1.165) is 31.7 Å². The first-order valence-electron chi connectivity index (χ1n) is 8.19. The standard InChI is InChI=1S/C16H19F3.C2H6.CH5N/c1-3-4-5-6-7-8-9-14-11-10-13(2)12-15(14)16(17,18)19;2*1-2/h10-12H,3-7H2,1-2H3;1-2H3;2H2,1H3. The van der Waals surface area contributed by atoms with Gasteiger partial charge in [0.1, 0.15) is 0 Å². The number of benzene rings is 1. The molecule has 1 rings (SSSR count). The van der Waals surface area contributed by atoms with Gasteiger partial charge in [-0.15, -0.1) is 0 Å². The third-order valence-corrected chi connectivity index (χ3v) is 2.86. The number of hydrogen-bond acceptors (Lipinski definition) is 1. The summed E-state index contributed by atoms with van der Waals surface area (Å²) in [6.07, 6.45) is 0.659. The number of rotatable bonds is 4. The average Bonchev–Trinajstić information content (AvgIpc) is 2.55. The number of halogens is 3. The van der Waals surface area contributed by atoms with Crippen LogP contribution in [-0.4, -0.2) is 7.05 Å². The van der Waals surface area contributed by atoms with Gasteiger partial charge in [-0.05, 0) is 32.5 Å². The van der Waals surface area contributed by atoms with Crippen molar-refractivity contribution in [3.05, 3.63) is 34.9 Å². The molecule has 0 unspecified atom stereocenters. The minimum Gasteiger partial charge on any atom is -0.333 e. The van der Waals surface area contributed by atoms with Crippen molar-refractivity contribution in [1.29, 1.82) is 0 Å². The smallest absolute Gasteiger partial charge is 0.333 e. The van der Waals surface area contributed by atoms with Gasteiger partial charge in [0.15, 0.2) is 0 Å². The highest BCUT2D eigenvalue weighted by Gasteiger charge is 2.32. The summed E-state index contributed by atoms with van der Waals surface area (Å²) in [6.45, 7) is 7.77. The predicted octanol–water partition coefficient (Wildman–Crippen LogP) is 5.94. The van der Waals surface area contributed by atoms with Crippen LogP contribution < -0.4 is 5.73 Å². The van der Waals surface area contributed by atoms with Gasteiger partial charge in [-0.2, -0.15) is 13.2 Å². The highest BCUT2D eigenvalue weighted by Crippen LogP contribution is 2.32. The first kappa shape index (κ1) is 23.8. The Balaban J connectivity index is 0. The van der Waals surface area contributed by atoms with E-state index in [2.05, 4.69) is 24.5 Å². The maximum atomic E-state index is 12.8. The second-order valence-corrected chi connectivity index (χ2v) is 4.66. The van der Waals surface area contributed by atoms with Crippen molar-refractivity contribution in [1.82, 2.24) is 0 Å². The van der Waals surface area contributed by atoms with Gasteiger partial charge in [0.2, 0.25) is 0 Å². The summed E-state index contributed by atoms with van der Waals surface area (Å²) in [5.74, 6) is 5.50. The van der Waals surface area contributed by atoms with Crippen molar-refractivity contribution in [3.8, 4) is 11.8 Å². The molecule has 0 aliphatic rings. The number of unbranched alkanes of at least 4 members (excludes halogenated alkanes) is 4. The van der Waals surface area contributed by atoms with E-state index < -0.39 is 11.7 Å². The number of alkyl halides is 3. The molecule has 132 valence electrons. The fourth-order valence-corrected chi connectivity index (χ4v) is 1.80. The van der Waals surface area contributed by atoms with Gasteiger partial charge in [-0.1, -0.05) is 63.5 Å². The van der Waals surface area contributed by atoms with Crippen LogP contribution in [0.15, 0.2) is 18.2 Å². The zero-order valence-electron chi connectivity index (χ0n) is 15.0. The molecule has 0 atom stereocenters. The van der Waals surface area contributed by atoms with Crippen LogP contribution in [0.5, 0.6) is 0 Å². The van der Waals surface area contributed by atoms with Crippen LogP contribution in [0.3, 0.4) is 0 Å². The molecule has 0 saturated carbocycles. The predicted molar refractivity (Wildman–Crippen MR) is 93.3 cm³/mol. The van der Waals surface area contributed by atoms with Crippen LogP contribution in [0, 0.1) is 18.8 Å². The monoisotopic (exact) mass is 329 g/mol. The summed E-state index contributed by atoms with van der Waals surface area (Å²) in [4.78, 5) is 0. The highest BCUT2D eigenvalue weighted by molar-refractivity contribution is 5.44. The van der Waals surface area contributed by atoms with E-state index in [4.69, 9.17) is 0 Å². The average molecular weight is 329 g/mol. The highest BCUT2D eigenvalue weighted by atomic mass is 19.4. The number of hydrogen-bond donors (Lipinski definition) is 1. The summed E-state index contributed by atoms with van der Waals surface area (Å²) >= 11 is 0. The Morgan fingerprint density at radius 2 is 1.65 bits per heavy atom. The molecule has 1 nitrogen and oxygen atoms in total. The maximum Gasteiger partial charge on any atom is 0.417 e. The van der Waals surface area contributed by atoms with E-state index in [1.165, 1.54) is 13.1 Å². The molecule has 23 heavy (non-hydrogen) atoms. The molecular weight excluding hydrogens is 299 g/mol. The second kappa shape index (κ2) is 14.1. The largest absolute Gasteiger partial charge is 0.417 e. The van der Waals surface area contributed by atoms with Gasteiger partial charge in [0, 0.05) is 12.0 Å². The Morgan fingerprint density at radius 3 is 2.17 bits per heavy atom. The van der Waals surface area contributed by atoms with Crippen LogP contribution >= 0.6 is 0 Å². The van der Waals surface area contributed by atoms with Gasteiger partial charge in [0.25, 0.3) is 0 Å². The minimum atomic E-state index is -4.34. The maximum absolute atomic E-state index is 12.8. The van der Waals surface area contributed by atoms with Gasteiger partial charge < -0.3 is 5.73 Å². The van der Waals surface area contributed by atoms with Crippen molar-refractivity contribution in [3.63, 3.8) is 0 Å². The third-order valence-electron chi connectivity index (χ3n) is 2.86. The molecule has 4 heteroatoms. The van der Waals surface area contributed by atoms with E-state index in [1.807, 2.05) is 13.8 Å². The fraction of sp³-hybridized carbons (Fsp3) is 0.579. The summed E-state index contributed by atoms with van der Waals surface area (Å²) < 4.78 is 38.5. The molecule has 0 fully saturated rings. The molecule has 0 aliphatic carbocycles. The van der Waals surface area contributed by atoms with E-state index in [-0.39, 0.29) is 5.56 Å². The summed E-state index contributed by atoms with van der Waals surface area (Å²) in [7, 11) is 1.50. The second-order valence-electron chi connectivity index (χ2n) is 4.66.